The normalized spacial score (nSPS) is 18.0. The van der Waals surface area contributed by atoms with Gasteiger partial charge in [-0.1, -0.05) is 78.2 Å². The van der Waals surface area contributed by atoms with Crippen LogP contribution in [0, 0.1) is 17.8 Å². The number of benzene rings is 1. The fraction of sp³-hybridized carbons (Fsp3) is 0.645. The van der Waals surface area contributed by atoms with Crippen molar-refractivity contribution < 1.29 is 28.6 Å². The van der Waals surface area contributed by atoms with E-state index in [1.807, 2.05) is 6.92 Å². The van der Waals surface area contributed by atoms with Crippen LogP contribution in [0.1, 0.15) is 108 Å². The lowest BCUT2D eigenvalue weighted by molar-refractivity contribution is -0.139. The summed E-state index contributed by atoms with van der Waals surface area (Å²) in [7, 11) is 0. The van der Waals surface area contributed by atoms with Crippen molar-refractivity contribution in [3.63, 3.8) is 0 Å². The Kier molecular flexibility index (Phi) is 14.7. The molecule has 0 aliphatic heterocycles. The van der Waals surface area contributed by atoms with Crippen LogP contribution in [0.5, 0.6) is 5.75 Å². The molecule has 1 aromatic rings. The Balaban J connectivity index is 1.66. The first-order valence-corrected chi connectivity index (χ1v) is 14.2. The van der Waals surface area contributed by atoms with E-state index in [2.05, 4.69) is 13.5 Å². The fourth-order valence-electron chi connectivity index (χ4n) is 4.99. The molecule has 206 valence electrons. The van der Waals surface area contributed by atoms with Crippen molar-refractivity contribution in [2.75, 3.05) is 13.2 Å². The SMILES string of the molecule is C=CC(=O)OCCCCOC(=O)c1ccc(OC(=O)C(CC)CCCC2CCC(CCCC)CC2)cc1. The summed E-state index contributed by atoms with van der Waals surface area (Å²) in [6.45, 7) is 8.14. The summed E-state index contributed by atoms with van der Waals surface area (Å²) < 4.78 is 15.7. The van der Waals surface area contributed by atoms with Gasteiger partial charge in [0, 0.05) is 6.08 Å². The minimum Gasteiger partial charge on any atom is -0.463 e. The van der Waals surface area contributed by atoms with E-state index in [1.165, 1.54) is 51.4 Å². The minimum atomic E-state index is -0.460. The molecule has 6 nitrogen and oxygen atoms in total. The maximum Gasteiger partial charge on any atom is 0.338 e. The van der Waals surface area contributed by atoms with E-state index in [0.717, 1.165) is 37.2 Å². The molecule has 0 radical (unpaired) electrons. The van der Waals surface area contributed by atoms with Gasteiger partial charge in [-0.05, 0) is 61.8 Å². The van der Waals surface area contributed by atoms with E-state index >= 15 is 0 Å². The molecule has 1 saturated carbocycles. The van der Waals surface area contributed by atoms with Crippen LogP contribution in [0.3, 0.4) is 0 Å². The highest BCUT2D eigenvalue weighted by atomic mass is 16.5. The Morgan fingerprint density at radius 1 is 0.892 bits per heavy atom. The molecule has 1 aliphatic rings. The summed E-state index contributed by atoms with van der Waals surface area (Å²) >= 11 is 0. The molecule has 37 heavy (non-hydrogen) atoms. The first-order chi connectivity index (χ1) is 18.0. The van der Waals surface area contributed by atoms with Gasteiger partial charge < -0.3 is 14.2 Å². The van der Waals surface area contributed by atoms with Gasteiger partial charge in [-0.25, -0.2) is 9.59 Å². The van der Waals surface area contributed by atoms with Gasteiger partial charge >= 0.3 is 17.9 Å². The Bertz CT molecular complexity index is 823. The average Bonchev–Trinajstić information content (AvgIpc) is 2.92. The lowest BCUT2D eigenvalue weighted by atomic mass is 9.77. The van der Waals surface area contributed by atoms with Crippen LogP contribution in [-0.2, 0) is 19.1 Å². The zero-order valence-electron chi connectivity index (χ0n) is 22.9. The summed E-state index contributed by atoms with van der Waals surface area (Å²) in [6, 6.07) is 6.48. The predicted octanol–water partition coefficient (Wildman–Crippen LogP) is 7.45. The largest absolute Gasteiger partial charge is 0.463 e. The highest BCUT2D eigenvalue weighted by molar-refractivity contribution is 5.89. The molecular weight excluding hydrogens is 468 g/mol. The minimum absolute atomic E-state index is 0.101. The van der Waals surface area contributed by atoms with Gasteiger partial charge in [0.05, 0.1) is 24.7 Å². The third-order valence-corrected chi connectivity index (χ3v) is 7.41. The van der Waals surface area contributed by atoms with Crippen LogP contribution in [0.25, 0.3) is 0 Å². The quantitative estimate of drug-likeness (QED) is 0.0929. The Hall–Kier alpha value is -2.63. The first-order valence-electron chi connectivity index (χ1n) is 14.2. The second-order valence-corrected chi connectivity index (χ2v) is 10.2. The van der Waals surface area contributed by atoms with Gasteiger partial charge in [0.1, 0.15) is 5.75 Å². The van der Waals surface area contributed by atoms with Crippen LogP contribution >= 0.6 is 0 Å². The van der Waals surface area contributed by atoms with Crippen molar-refractivity contribution in [2.24, 2.45) is 17.8 Å². The maximum absolute atomic E-state index is 12.7. The molecule has 1 atom stereocenters. The molecule has 1 fully saturated rings. The monoisotopic (exact) mass is 514 g/mol. The van der Waals surface area contributed by atoms with Crippen molar-refractivity contribution in [1.82, 2.24) is 0 Å². The van der Waals surface area contributed by atoms with Crippen LogP contribution in [-0.4, -0.2) is 31.1 Å². The Morgan fingerprint density at radius 3 is 2.05 bits per heavy atom. The molecule has 0 spiro atoms. The third kappa shape index (κ3) is 12.0. The van der Waals surface area contributed by atoms with E-state index in [4.69, 9.17) is 14.2 Å². The second-order valence-electron chi connectivity index (χ2n) is 10.2. The van der Waals surface area contributed by atoms with E-state index in [1.54, 1.807) is 24.3 Å². The summed E-state index contributed by atoms with van der Waals surface area (Å²) in [4.78, 5) is 35.9. The van der Waals surface area contributed by atoms with Crippen LogP contribution in [0.4, 0.5) is 0 Å². The van der Waals surface area contributed by atoms with Gasteiger partial charge in [0.15, 0.2) is 0 Å². The number of carbonyl (C=O) groups is 3. The molecule has 0 N–H and O–H groups in total. The summed E-state index contributed by atoms with van der Waals surface area (Å²) in [6.07, 6.45) is 15.7. The zero-order chi connectivity index (χ0) is 26.9. The zero-order valence-corrected chi connectivity index (χ0v) is 22.9. The average molecular weight is 515 g/mol. The lowest BCUT2D eigenvalue weighted by Crippen LogP contribution is -2.21. The molecule has 1 aliphatic carbocycles. The van der Waals surface area contributed by atoms with Crippen LogP contribution in [0.2, 0.25) is 0 Å². The number of hydrogen-bond donors (Lipinski definition) is 0. The molecule has 0 saturated heterocycles. The van der Waals surface area contributed by atoms with Gasteiger partial charge in [-0.15, -0.1) is 0 Å². The van der Waals surface area contributed by atoms with Gasteiger partial charge in [0.2, 0.25) is 0 Å². The number of esters is 3. The molecule has 0 aromatic heterocycles. The molecular formula is C31H46O6. The topological polar surface area (TPSA) is 78.9 Å². The van der Waals surface area contributed by atoms with E-state index in [0.29, 0.717) is 24.2 Å². The van der Waals surface area contributed by atoms with Crippen molar-refractivity contribution in [2.45, 2.75) is 97.3 Å². The highest BCUT2D eigenvalue weighted by Crippen LogP contribution is 2.34. The van der Waals surface area contributed by atoms with Crippen molar-refractivity contribution in [3.05, 3.63) is 42.5 Å². The number of unbranched alkanes of at least 4 members (excludes halogenated alkanes) is 2. The van der Waals surface area contributed by atoms with E-state index in [9.17, 15) is 14.4 Å². The van der Waals surface area contributed by atoms with Gasteiger partial charge in [0.25, 0.3) is 0 Å². The fourth-order valence-corrected chi connectivity index (χ4v) is 4.99. The number of hydrogen-bond acceptors (Lipinski definition) is 6. The maximum atomic E-state index is 12.7. The molecule has 2 rings (SSSR count). The number of carbonyl (C=O) groups excluding carboxylic acids is 3. The van der Waals surface area contributed by atoms with E-state index < -0.39 is 11.9 Å². The molecule has 6 heteroatoms. The summed E-state index contributed by atoms with van der Waals surface area (Å²) in [5.41, 5.74) is 0.398. The Labute approximate surface area is 223 Å². The van der Waals surface area contributed by atoms with Gasteiger partial charge in [-0.2, -0.15) is 0 Å². The summed E-state index contributed by atoms with van der Waals surface area (Å²) in [5.74, 6) is 0.992. The van der Waals surface area contributed by atoms with Crippen molar-refractivity contribution in [3.8, 4) is 5.75 Å². The number of ether oxygens (including phenoxy) is 3. The smallest absolute Gasteiger partial charge is 0.338 e. The molecule has 1 unspecified atom stereocenters. The molecule has 0 heterocycles. The van der Waals surface area contributed by atoms with Crippen LogP contribution in [0.15, 0.2) is 36.9 Å². The lowest BCUT2D eigenvalue weighted by Gasteiger charge is -2.28. The predicted molar refractivity (Wildman–Crippen MR) is 145 cm³/mol. The standard InChI is InChI=1S/C31H46O6/c1-4-7-11-24-14-16-25(17-15-24)12-10-13-26(5-2)31(34)37-28-20-18-27(19-21-28)30(33)36-23-9-8-22-35-29(32)6-3/h6,18-21,24-26H,3-5,7-17,22-23H2,1-2H3. The third-order valence-electron chi connectivity index (χ3n) is 7.41. The molecule has 0 bridgehead atoms. The Morgan fingerprint density at radius 2 is 1.49 bits per heavy atom. The number of rotatable bonds is 17. The molecule has 1 aromatic carbocycles. The first kappa shape index (κ1) is 30.6. The van der Waals surface area contributed by atoms with Gasteiger partial charge in [-0.3, -0.25) is 4.79 Å². The van der Waals surface area contributed by atoms with Crippen molar-refractivity contribution in [1.29, 1.82) is 0 Å². The van der Waals surface area contributed by atoms with Crippen molar-refractivity contribution >= 4 is 17.9 Å². The highest BCUT2D eigenvalue weighted by Gasteiger charge is 2.23. The van der Waals surface area contributed by atoms with E-state index in [-0.39, 0.29) is 25.1 Å². The second kappa shape index (κ2) is 17.8. The van der Waals surface area contributed by atoms with Crippen LogP contribution < -0.4 is 4.74 Å². The molecule has 0 amide bonds. The summed E-state index contributed by atoms with van der Waals surface area (Å²) in [5, 5.41) is 0.